The normalized spacial score (nSPS) is 10.6. The lowest BCUT2D eigenvalue weighted by atomic mass is 10.1. The number of hydrogen-bond donors (Lipinski definition) is 2. The zero-order chi connectivity index (χ0) is 21.3. The highest BCUT2D eigenvalue weighted by atomic mass is 35.5. The van der Waals surface area contributed by atoms with Gasteiger partial charge < -0.3 is 5.32 Å². The predicted octanol–water partition coefficient (Wildman–Crippen LogP) is 4.76. The third-order valence-electron chi connectivity index (χ3n) is 4.04. The quantitative estimate of drug-likeness (QED) is 0.436. The Hall–Kier alpha value is -3.50. The van der Waals surface area contributed by atoms with Crippen molar-refractivity contribution in [2.45, 2.75) is 6.92 Å². The van der Waals surface area contributed by atoms with Gasteiger partial charge >= 0.3 is 0 Å². The first-order valence-electron chi connectivity index (χ1n) is 7.93. The Labute approximate surface area is 172 Å². The molecule has 1 aromatic heterocycles. The van der Waals surface area contributed by atoms with E-state index in [1.807, 2.05) is 0 Å². The van der Waals surface area contributed by atoms with E-state index in [2.05, 4.69) is 15.5 Å². The van der Waals surface area contributed by atoms with Gasteiger partial charge in [-0.1, -0.05) is 29.3 Å². The average Bonchev–Trinajstić information content (AvgIpc) is 3.15. The molecule has 0 bridgehead atoms. The summed E-state index contributed by atoms with van der Waals surface area (Å²) in [4.78, 5) is 33.3. The molecule has 0 aliphatic rings. The number of rotatable bonds is 5. The Kier molecular flexibility index (Phi) is 5.48. The fraction of sp³-hybridized carbons (Fsp3) is 0.0588. The maximum atomic E-state index is 12.5. The van der Waals surface area contributed by atoms with E-state index < -0.39 is 27.1 Å². The molecule has 1 amide bonds. The Morgan fingerprint density at radius 3 is 2.21 bits per heavy atom. The van der Waals surface area contributed by atoms with Crippen molar-refractivity contribution >= 4 is 46.2 Å². The molecule has 29 heavy (non-hydrogen) atoms. The van der Waals surface area contributed by atoms with Crippen LogP contribution in [0, 0.1) is 27.2 Å². The van der Waals surface area contributed by atoms with Gasteiger partial charge in [0.25, 0.3) is 17.3 Å². The molecule has 2 aromatic carbocycles. The van der Waals surface area contributed by atoms with Crippen LogP contribution in [0.5, 0.6) is 0 Å². The number of benzene rings is 2. The first-order chi connectivity index (χ1) is 13.7. The summed E-state index contributed by atoms with van der Waals surface area (Å²) >= 11 is 11.8. The minimum absolute atomic E-state index is 0.0388. The fourth-order valence-electron chi connectivity index (χ4n) is 2.58. The highest BCUT2D eigenvalue weighted by Crippen LogP contribution is 2.32. The number of carbonyl (C=O) groups is 1. The predicted molar refractivity (Wildman–Crippen MR) is 106 cm³/mol. The van der Waals surface area contributed by atoms with Crippen LogP contribution < -0.4 is 5.32 Å². The molecule has 148 valence electrons. The zero-order valence-electron chi connectivity index (χ0n) is 14.6. The summed E-state index contributed by atoms with van der Waals surface area (Å²) in [5.74, 6) is -0.684. The molecule has 1 heterocycles. The van der Waals surface area contributed by atoms with Gasteiger partial charge in [0.05, 0.1) is 31.3 Å². The van der Waals surface area contributed by atoms with Gasteiger partial charge in [-0.05, 0) is 25.1 Å². The topological polar surface area (TPSA) is 144 Å². The molecule has 3 aromatic rings. The van der Waals surface area contributed by atoms with Crippen LogP contribution in [0.1, 0.15) is 16.1 Å². The van der Waals surface area contributed by atoms with E-state index >= 15 is 0 Å². The third-order valence-corrected chi connectivity index (χ3v) is 4.78. The Morgan fingerprint density at radius 2 is 1.66 bits per heavy atom. The molecule has 2 N–H and O–H groups in total. The molecule has 0 saturated heterocycles. The summed E-state index contributed by atoms with van der Waals surface area (Å²) in [6, 6.07) is 8.37. The number of halogens is 2. The molecular weight excluding hydrogens is 425 g/mol. The average molecular weight is 436 g/mol. The second-order valence-electron chi connectivity index (χ2n) is 5.90. The van der Waals surface area contributed by atoms with Crippen LogP contribution in [0.25, 0.3) is 11.3 Å². The van der Waals surface area contributed by atoms with Crippen molar-refractivity contribution in [1.82, 2.24) is 10.2 Å². The number of nitrogens with one attached hydrogen (secondary N) is 2. The highest BCUT2D eigenvalue weighted by Gasteiger charge is 2.24. The van der Waals surface area contributed by atoms with E-state index in [0.29, 0.717) is 21.3 Å². The zero-order valence-corrected chi connectivity index (χ0v) is 16.1. The number of nitro groups is 2. The number of amides is 1. The van der Waals surface area contributed by atoms with Crippen LogP contribution in [-0.4, -0.2) is 26.0 Å². The van der Waals surface area contributed by atoms with E-state index in [4.69, 9.17) is 23.2 Å². The van der Waals surface area contributed by atoms with Crippen molar-refractivity contribution in [2.24, 2.45) is 0 Å². The van der Waals surface area contributed by atoms with E-state index in [9.17, 15) is 25.0 Å². The van der Waals surface area contributed by atoms with Gasteiger partial charge in [0.15, 0.2) is 0 Å². The third kappa shape index (κ3) is 4.18. The van der Waals surface area contributed by atoms with Gasteiger partial charge in [-0.3, -0.25) is 30.1 Å². The van der Waals surface area contributed by atoms with Gasteiger partial charge in [0.1, 0.15) is 11.3 Å². The smallest absolute Gasteiger partial charge is 0.281 e. The summed E-state index contributed by atoms with van der Waals surface area (Å²) in [6.07, 6.45) is 0. The number of H-pyrrole nitrogens is 1. The number of nitrogens with zero attached hydrogens (tertiary/aromatic N) is 3. The second kappa shape index (κ2) is 7.86. The van der Waals surface area contributed by atoms with Gasteiger partial charge in [0.2, 0.25) is 0 Å². The van der Waals surface area contributed by atoms with Crippen molar-refractivity contribution in [1.29, 1.82) is 0 Å². The molecule has 0 spiro atoms. The Bertz CT molecular complexity index is 1130. The van der Waals surface area contributed by atoms with Crippen LogP contribution >= 0.6 is 23.2 Å². The summed E-state index contributed by atoms with van der Waals surface area (Å²) in [5.41, 5.74) is -0.0970. The van der Waals surface area contributed by atoms with Gasteiger partial charge in [-0.25, -0.2) is 0 Å². The van der Waals surface area contributed by atoms with Crippen molar-refractivity contribution in [2.75, 3.05) is 5.32 Å². The Morgan fingerprint density at radius 1 is 1.03 bits per heavy atom. The van der Waals surface area contributed by atoms with Gasteiger partial charge in [-0.15, -0.1) is 0 Å². The summed E-state index contributed by atoms with van der Waals surface area (Å²) in [6.45, 7) is 1.26. The first-order valence-corrected chi connectivity index (χ1v) is 8.68. The van der Waals surface area contributed by atoms with Crippen LogP contribution in [0.15, 0.2) is 36.4 Å². The molecule has 3 rings (SSSR count). The number of hydrogen-bond acceptors (Lipinski definition) is 6. The molecule has 0 saturated carbocycles. The molecule has 12 heteroatoms. The molecule has 0 radical (unpaired) electrons. The number of aromatic nitrogens is 2. The Balaban J connectivity index is 1.89. The van der Waals surface area contributed by atoms with E-state index in [0.717, 1.165) is 12.1 Å². The largest absolute Gasteiger partial charge is 0.320 e. The molecule has 0 aliphatic heterocycles. The number of carbonyl (C=O) groups excluding carboxylic acids is 1. The van der Waals surface area contributed by atoms with E-state index in [1.54, 1.807) is 18.2 Å². The van der Waals surface area contributed by atoms with Gasteiger partial charge in [-0.2, -0.15) is 5.10 Å². The highest BCUT2D eigenvalue weighted by molar-refractivity contribution is 6.42. The van der Waals surface area contributed by atoms with E-state index in [-0.39, 0.29) is 16.9 Å². The minimum atomic E-state index is -0.753. The van der Waals surface area contributed by atoms with Crippen molar-refractivity contribution in [3.8, 4) is 11.3 Å². The van der Waals surface area contributed by atoms with Crippen LogP contribution in [-0.2, 0) is 0 Å². The maximum Gasteiger partial charge on any atom is 0.281 e. The maximum absolute atomic E-state index is 12.5. The lowest BCUT2D eigenvalue weighted by Crippen LogP contribution is -2.13. The number of anilines is 1. The lowest BCUT2D eigenvalue weighted by molar-refractivity contribution is -0.395. The molecule has 10 nitrogen and oxygen atoms in total. The standard InChI is InChI=1S/C17H11Cl2N5O5/c1-8-15(23(26)27)5-10(6-16(8)24(28)29)20-17(25)14-7-13(21-22-14)9-2-3-11(18)12(19)4-9/h2-7H,1H3,(H,20,25)(H,21,22). The molecule has 0 atom stereocenters. The van der Waals surface area contributed by atoms with Crippen molar-refractivity contribution in [3.63, 3.8) is 0 Å². The number of aromatic amines is 1. The van der Waals surface area contributed by atoms with Crippen molar-refractivity contribution < 1.29 is 14.6 Å². The van der Waals surface area contributed by atoms with Crippen LogP contribution in [0.2, 0.25) is 10.0 Å². The summed E-state index contributed by atoms with van der Waals surface area (Å²) in [7, 11) is 0. The molecular formula is C17H11Cl2N5O5. The number of nitro benzene ring substituents is 2. The van der Waals surface area contributed by atoms with Crippen molar-refractivity contribution in [3.05, 3.63) is 77.9 Å². The van der Waals surface area contributed by atoms with E-state index in [1.165, 1.54) is 13.0 Å². The summed E-state index contributed by atoms with van der Waals surface area (Å²) < 4.78 is 0. The minimum Gasteiger partial charge on any atom is -0.320 e. The van der Waals surface area contributed by atoms with Crippen LogP contribution in [0.3, 0.4) is 0 Å². The first kappa shape index (κ1) is 20.2. The molecule has 0 fully saturated rings. The fourth-order valence-corrected chi connectivity index (χ4v) is 2.87. The van der Waals surface area contributed by atoms with Crippen LogP contribution in [0.4, 0.5) is 17.1 Å². The van der Waals surface area contributed by atoms with Gasteiger partial charge in [0, 0.05) is 17.7 Å². The molecule has 0 unspecified atom stereocenters. The monoisotopic (exact) mass is 435 g/mol. The molecule has 0 aliphatic carbocycles. The second-order valence-corrected chi connectivity index (χ2v) is 6.72. The lowest BCUT2D eigenvalue weighted by Gasteiger charge is -2.06. The SMILES string of the molecule is Cc1c([N+](=O)[O-])cc(NC(=O)c2cc(-c3ccc(Cl)c(Cl)c3)n[nH]2)cc1[N+](=O)[O-]. The summed E-state index contributed by atoms with van der Waals surface area (Å²) in [5, 5.41) is 31.9.